The van der Waals surface area contributed by atoms with Crippen LogP contribution < -0.4 is 10.9 Å². The third-order valence-electron chi connectivity index (χ3n) is 3.37. The predicted octanol–water partition coefficient (Wildman–Crippen LogP) is 3.88. The SMILES string of the molecule is CC(C)c1nc(C#N)c(NN=Cc2coc3ccc(Cl)cc3c2=O)o1. The van der Waals surface area contributed by atoms with Gasteiger partial charge < -0.3 is 8.83 Å². The number of nitrogens with zero attached hydrogens (tertiary/aromatic N) is 3. The molecule has 0 aliphatic carbocycles. The minimum absolute atomic E-state index is 0.0314. The zero-order chi connectivity index (χ0) is 18.0. The molecule has 3 aromatic rings. The van der Waals surface area contributed by atoms with Crippen LogP contribution in [0.3, 0.4) is 0 Å². The van der Waals surface area contributed by atoms with Crippen LogP contribution >= 0.6 is 11.6 Å². The highest BCUT2D eigenvalue weighted by atomic mass is 35.5. The first-order chi connectivity index (χ1) is 12.0. The van der Waals surface area contributed by atoms with Crippen LogP contribution in [0.1, 0.15) is 36.9 Å². The molecule has 2 heterocycles. The van der Waals surface area contributed by atoms with Crippen molar-refractivity contribution in [1.82, 2.24) is 4.98 Å². The molecule has 0 amide bonds. The van der Waals surface area contributed by atoms with Gasteiger partial charge in [0.25, 0.3) is 5.88 Å². The number of oxazole rings is 1. The first-order valence-corrected chi connectivity index (χ1v) is 7.78. The van der Waals surface area contributed by atoms with Gasteiger partial charge in [-0.25, -0.2) is 10.4 Å². The van der Waals surface area contributed by atoms with E-state index in [4.69, 9.17) is 25.7 Å². The molecule has 7 nitrogen and oxygen atoms in total. The van der Waals surface area contributed by atoms with Crippen LogP contribution in [-0.2, 0) is 0 Å². The molecule has 3 rings (SSSR count). The fraction of sp³-hybridized carbons (Fsp3) is 0.176. The number of hydrazone groups is 1. The summed E-state index contributed by atoms with van der Waals surface area (Å²) in [4.78, 5) is 16.5. The quantitative estimate of drug-likeness (QED) is 0.562. The lowest BCUT2D eigenvalue weighted by atomic mass is 10.2. The summed E-state index contributed by atoms with van der Waals surface area (Å²) >= 11 is 5.91. The molecule has 0 aliphatic heterocycles. The summed E-state index contributed by atoms with van der Waals surface area (Å²) in [6.45, 7) is 3.79. The Balaban J connectivity index is 1.88. The number of anilines is 1. The average Bonchev–Trinajstić information content (AvgIpc) is 3.01. The van der Waals surface area contributed by atoms with E-state index >= 15 is 0 Å². The lowest BCUT2D eigenvalue weighted by Gasteiger charge is -1.99. The number of aromatic nitrogens is 1. The van der Waals surface area contributed by atoms with E-state index in [-0.39, 0.29) is 28.5 Å². The number of hydrogen-bond donors (Lipinski definition) is 1. The normalized spacial score (nSPS) is 11.3. The summed E-state index contributed by atoms with van der Waals surface area (Å²) in [5, 5.41) is 13.8. The Hall–Kier alpha value is -3.11. The number of halogens is 1. The lowest BCUT2D eigenvalue weighted by molar-refractivity contribution is 0.481. The van der Waals surface area contributed by atoms with Gasteiger partial charge >= 0.3 is 0 Å². The first-order valence-electron chi connectivity index (χ1n) is 7.40. The maximum absolute atomic E-state index is 12.4. The second-order valence-corrected chi connectivity index (χ2v) is 5.96. The van der Waals surface area contributed by atoms with Crippen LogP contribution in [-0.4, -0.2) is 11.2 Å². The number of nitriles is 1. The molecule has 126 valence electrons. The Morgan fingerprint density at radius 3 is 2.96 bits per heavy atom. The Kier molecular flexibility index (Phi) is 4.55. The van der Waals surface area contributed by atoms with Crippen LogP contribution in [0.2, 0.25) is 5.02 Å². The van der Waals surface area contributed by atoms with E-state index < -0.39 is 0 Å². The second kappa shape index (κ2) is 6.79. The van der Waals surface area contributed by atoms with Crippen molar-refractivity contribution >= 4 is 34.7 Å². The van der Waals surface area contributed by atoms with Gasteiger partial charge in [-0.1, -0.05) is 25.4 Å². The van der Waals surface area contributed by atoms with Gasteiger partial charge in [0.15, 0.2) is 0 Å². The Labute approximate surface area is 147 Å². The van der Waals surface area contributed by atoms with Gasteiger partial charge in [0.05, 0.1) is 17.2 Å². The molecule has 0 bridgehead atoms. The van der Waals surface area contributed by atoms with E-state index in [1.54, 1.807) is 12.1 Å². The summed E-state index contributed by atoms with van der Waals surface area (Å²) in [6.07, 6.45) is 2.58. The molecule has 0 radical (unpaired) electrons. The van der Waals surface area contributed by atoms with E-state index in [2.05, 4.69) is 15.5 Å². The van der Waals surface area contributed by atoms with Crippen molar-refractivity contribution in [3.05, 3.63) is 56.9 Å². The molecule has 1 N–H and O–H groups in total. The fourth-order valence-corrected chi connectivity index (χ4v) is 2.28. The largest absolute Gasteiger partial charge is 0.463 e. The summed E-state index contributed by atoms with van der Waals surface area (Å²) in [7, 11) is 0. The lowest BCUT2D eigenvalue weighted by Crippen LogP contribution is -2.08. The van der Waals surface area contributed by atoms with Gasteiger partial charge in [-0.2, -0.15) is 10.4 Å². The van der Waals surface area contributed by atoms with E-state index in [1.807, 2.05) is 19.9 Å². The molecule has 0 unspecified atom stereocenters. The van der Waals surface area contributed by atoms with Crippen molar-refractivity contribution in [2.24, 2.45) is 5.10 Å². The van der Waals surface area contributed by atoms with E-state index in [0.717, 1.165) is 0 Å². The number of benzene rings is 1. The first kappa shape index (κ1) is 16.7. The molecule has 0 spiro atoms. The van der Waals surface area contributed by atoms with Crippen LogP contribution in [0.4, 0.5) is 5.88 Å². The maximum atomic E-state index is 12.4. The van der Waals surface area contributed by atoms with Crippen molar-refractivity contribution < 1.29 is 8.83 Å². The third kappa shape index (κ3) is 3.39. The molecule has 8 heteroatoms. The summed E-state index contributed by atoms with van der Waals surface area (Å²) < 4.78 is 10.8. The van der Waals surface area contributed by atoms with E-state index in [1.165, 1.54) is 18.5 Å². The highest BCUT2D eigenvalue weighted by Gasteiger charge is 2.14. The molecule has 25 heavy (non-hydrogen) atoms. The maximum Gasteiger partial charge on any atom is 0.252 e. The highest BCUT2D eigenvalue weighted by molar-refractivity contribution is 6.31. The topological polar surface area (TPSA) is 104 Å². The Bertz CT molecular complexity index is 1060. The Morgan fingerprint density at radius 2 is 2.24 bits per heavy atom. The molecular weight excluding hydrogens is 344 g/mol. The standard InChI is InChI=1S/C17H13ClN4O3/c1-9(2)16-21-13(6-19)17(25-16)22-20-7-10-8-24-14-4-3-11(18)5-12(14)15(10)23/h3-5,7-9,22H,1-2H3. The highest BCUT2D eigenvalue weighted by Crippen LogP contribution is 2.22. The van der Waals surface area contributed by atoms with Crippen LogP contribution in [0.25, 0.3) is 11.0 Å². The number of fused-ring (bicyclic) bond motifs is 1. The van der Waals surface area contributed by atoms with Crippen LogP contribution in [0, 0.1) is 11.3 Å². The van der Waals surface area contributed by atoms with Crippen molar-refractivity contribution in [1.29, 1.82) is 5.26 Å². The van der Waals surface area contributed by atoms with Crippen molar-refractivity contribution in [2.45, 2.75) is 19.8 Å². The van der Waals surface area contributed by atoms with Gasteiger partial charge in [0.2, 0.25) is 17.0 Å². The van der Waals surface area contributed by atoms with Gasteiger partial charge in [-0.3, -0.25) is 4.79 Å². The van der Waals surface area contributed by atoms with Crippen LogP contribution in [0.5, 0.6) is 0 Å². The van der Waals surface area contributed by atoms with Crippen molar-refractivity contribution in [2.75, 3.05) is 5.43 Å². The molecule has 0 aliphatic rings. The van der Waals surface area contributed by atoms with Gasteiger partial charge in [-0.15, -0.1) is 0 Å². The zero-order valence-electron chi connectivity index (χ0n) is 13.4. The van der Waals surface area contributed by atoms with Crippen LogP contribution in [0.15, 0.2) is 43.2 Å². The molecule has 0 fully saturated rings. The minimum Gasteiger partial charge on any atom is -0.463 e. The van der Waals surface area contributed by atoms with E-state index in [9.17, 15) is 4.79 Å². The molecule has 0 saturated heterocycles. The van der Waals surface area contributed by atoms with Crippen molar-refractivity contribution in [3.8, 4) is 6.07 Å². The monoisotopic (exact) mass is 356 g/mol. The number of rotatable bonds is 4. The molecule has 1 aromatic carbocycles. The third-order valence-corrected chi connectivity index (χ3v) is 3.61. The average molecular weight is 357 g/mol. The minimum atomic E-state index is -0.268. The molecule has 0 saturated carbocycles. The van der Waals surface area contributed by atoms with Gasteiger partial charge in [-0.05, 0) is 18.2 Å². The predicted molar refractivity (Wildman–Crippen MR) is 94.0 cm³/mol. The number of hydrogen-bond acceptors (Lipinski definition) is 7. The Morgan fingerprint density at radius 1 is 1.44 bits per heavy atom. The zero-order valence-corrected chi connectivity index (χ0v) is 14.2. The molecule has 2 aromatic heterocycles. The van der Waals surface area contributed by atoms with E-state index in [0.29, 0.717) is 21.9 Å². The van der Waals surface area contributed by atoms with Gasteiger partial charge in [0.1, 0.15) is 17.9 Å². The number of nitrogens with one attached hydrogen (secondary N) is 1. The summed E-state index contributed by atoms with van der Waals surface area (Å²) in [6, 6.07) is 6.72. The fourth-order valence-electron chi connectivity index (χ4n) is 2.10. The summed E-state index contributed by atoms with van der Waals surface area (Å²) in [5.41, 5.74) is 3.07. The van der Waals surface area contributed by atoms with Crippen molar-refractivity contribution in [3.63, 3.8) is 0 Å². The summed E-state index contributed by atoms with van der Waals surface area (Å²) in [5.74, 6) is 0.577. The molecular formula is C17H13ClN4O3. The smallest absolute Gasteiger partial charge is 0.252 e. The second-order valence-electron chi connectivity index (χ2n) is 5.53. The van der Waals surface area contributed by atoms with Gasteiger partial charge in [0, 0.05) is 10.9 Å². The molecule has 0 atom stereocenters.